The third-order valence-corrected chi connectivity index (χ3v) is 3.07. The van der Waals surface area contributed by atoms with Gasteiger partial charge in [0, 0.05) is 11.9 Å². The topological polar surface area (TPSA) is 26.2 Å². The molecule has 15 heavy (non-hydrogen) atoms. The molecule has 3 nitrogen and oxygen atoms in total. The van der Waals surface area contributed by atoms with Gasteiger partial charge in [-0.3, -0.25) is 0 Å². The van der Waals surface area contributed by atoms with Crippen LogP contribution < -0.4 is 10.2 Å². The molecule has 78 valence electrons. The van der Waals surface area contributed by atoms with E-state index in [0.29, 0.717) is 0 Å². The molecule has 0 unspecified atom stereocenters. The van der Waals surface area contributed by atoms with Crippen LogP contribution in [-0.4, -0.2) is 18.4 Å². The summed E-state index contributed by atoms with van der Waals surface area (Å²) in [6.45, 7) is 1.96. The molecule has 2 heterocycles. The van der Waals surface area contributed by atoms with Gasteiger partial charge in [-0.2, -0.15) is 4.73 Å². The Labute approximate surface area is 88.6 Å². The Kier molecular flexibility index (Phi) is 1.92. The van der Waals surface area contributed by atoms with Crippen molar-refractivity contribution in [2.45, 2.75) is 13.0 Å². The van der Waals surface area contributed by atoms with E-state index in [9.17, 15) is 0 Å². The fourth-order valence-corrected chi connectivity index (χ4v) is 2.42. The largest absolute Gasteiger partial charge is 0.417 e. The molecule has 3 rings (SSSR count). The molecule has 0 amide bonds. The van der Waals surface area contributed by atoms with E-state index in [1.807, 2.05) is 4.73 Å². The first-order valence-corrected chi connectivity index (χ1v) is 5.28. The summed E-state index contributed by atoms with van der Waals surface area (Å²) in [5.74, 6) is 0. The van der Waals surface area contributed by atoms with Crippen molar-refractivity contribution in [3.63, 3.8) is 0 Å². The van der Waals surface area contributed by atoms with Crippen LogP contribution >= 0.6 is 0 Å². The van der Waals surface area contributed by atoms with Gasteiger partial charge in [0.25, 0.3) is 0 Å². The zero-order valence-corrected chi connectivity index (χ0v) is 8.79. The van der Waals surface area contributed by atoms with Crippen molar-refractivity contribution in [3.05, 3.63) is 35.5 Å². The van der Waals surface area contributed by atoms with Crippen LogP contribution in [0.25, 0.3) is 10.9 Å². The van der Waals surface area contributed by atoms with Crippen LogP contribution in [0.3, 0.4) is 0 Å². The van der Waals surface area contributed by atoms with Gasteiger partial charge in [0.15, 0.2) is 0 Å². The molecule has 3 heteroatoms. The second-order valence-corrected chi connectivity index (χ2v) is 3.85. The highest BCUT2D eigenvalue weighted by Crippen LogP contribution is 2.27. The molecule has 1 aliphatic heterocycles. The van der Waals surface area contributed by atoms with Crippen molar-refractivity contribution in [2.24, 2.45) is 0 Å². The number of aromatic nitrogens is 1. The molecular weight excluding hydrogens is 188 g/mol. The van der Waals surface area contributed by atoms with Gasteiger partial charge in [-0.25, -0.2) is 0 Å². The highest BCUT2D eigenvalue weighted by atomic mass is 16.6. The molecule has 0 aliphatic carbocycles. The van der Waals surface area contributed by atoms with Gasteiger partial charge in [-0.05, 0) is 24.6 Å². The molecule has 1 aromatic carbocycles. The number of para-hydroxylation sites is 1. The molecule has 0 saturated heterocycles. The van der Waals surface area contributed by atoms with Gasteiger partial charge in [0.05, 0.1) is 11.2 Å². The van der Waals surface area contributed by atoms with E-state index in [1.54, 1.807) is 7.11 Å². The minimum atomic E-state index is 0.901. The minimum absolute atomic E-state index is 0.901. The molecule has 0 radical (unpaired) electrons. The van der Waals surface area contributed by atoms with E-state index < -0.39 is 0 Å². The number of hydrogen-bond acceptors (Lipinski definition) is 2. The quantitative estimate of drug-likeness (QED) is 0.755. The van der Waals surface area contributed by atoms with Crippen LogP contribution in [0, 0.1) is 0 Å². The molecule has 0 saturated carbocycles. The summed E-state index contributed by atoms with van der Waals surface area (Å²) in [7, 11) is 1.72. The Balaban J connectivity index is 2.37. The van der Waals surface area contributed by atoms with Crippen LogP contribution in [-0.2, 0) is 13.0 Å². The number of hydrogen-bond donors (Lipinski definition) is 1. The second kappa shape index (κ2) is 3.28. The summed E-state index contributed by atoms with van der Waals surface area (Å²) >= 11 is 0. The third-order valence-electron chi connectivity index (χ3n) is 3.07. The Morgan fingerprint density at radius 1 is 1.33 bits per heavy atom. The maximum atomic E-state index is 5.44. The Morgan fingerprint density at radius 2 is 2.20 bits per heavy atom. The number of nitrogens with one attached hydrogen (secondary N) is 1. The summed E-state index contributed by atoms with van der Waals surface area (Å²) < 4.78 is 1.94. The first kappa shape index (κ1) is 8.80. The molecule has 0 fully saturated rings. The van der Waals surface area contributed by atoms with E-state index in [1.165, 1.54) is 22.2 Å². The molecule has 0 spiro atoms. The lowest BCUT2D eigenvalue weighted by atomic mass is 10.1. The standard InChI is InChI=1S/C12H14N2O/c1-15-14-11-5-3-2-4-9(11)10-6-7-13-8-12(10)14/h2-5,13H,6-8H2,1H3. The van der Waals surface area contributed by atoms with Gasteiger partial charge in [-0.1, -0.05) is 18.2 Å². The van der Waals surface area contributed by atoms with Gasteiger partial charge >= 0.3 is 0 Å². The Morgan fingerprint density at radius 3 is 3.07 bits per heavy atom. The van der Waals surface area contributed by atoms with E-state index >= 15 is 0 Å². The predicted molar refractivity (Wildman–Crippen MR) is 59.9 cm³/mol. The zero-order chi connectivity index (χ0) is 10.3. The number of rotatable bonds is 1. The normalized spacial score (nSPS) is 15.3. The second-order valence-electron chi connectivity index (χ2n) is 3.85. The first-order chi connectivity index (χ1) is 7.42. The average molecular weight is 202 g/mol. The van der Waals surface area contributed by atoms with Crippen LogP contribution in [0.15, 0.2) is 24.3 Å². The lowest BCUT2D eigenvalue weighted by molar-refractivity contribution is 0.168. The molecular formula is C12H14N2O. The smallest absolute Gasteiger partial charge is 0.104 e. The van der Waals surface area contributed by atoms with E-state index in [4.69, 9.17) is 4.84 Å². The van der Waals surface area contributed by atoms with Crippen molar-refractivity contribution >= 4 is 10.9 Å². The molecule has 1 aliphatic rings. The Hall–Kier alpha value is -1.48. The maximum Gasteiger partial charge on any atom is 0.104 e. The van der Waals surface area contributed by atoms with E-state index in [0.717, 1.165) is 19.5 Å². The van der Waals surface area contributed by atoms with Crippen LogP contribution in [0.2, 0.25) is 0 Å². The van der Waals surface area contributed by atoms with Gasteiger partial charge in [0.2, 0.25) is 0 Å². The van der Waals surface area contributed by atoms with Crippen molar-refractivity contribution in [3.8, 4) is 0 Å². The Bertz CT molecular complexity index is 469. The number of fused-ring (bicyclic) bond motifs is 3. The summed E-state index contributed by atoms with van der Waals surface area (Å²) in [5, 5.41) is 4.71. The lowest BCUT2D eigenvalue weighted by Crippen LogP contribution is -2.26. The lowest BCUT2D eigenvalue weighted by Gasteiger charge is -2.15. The molecule has 2 aromatic rings. The maximum absolute atomic E-state index is 5.44. The third kappa shape index (κ3) is 1.16. The monoisotopic (exact) mass is 202 g/mol. The van der Waals surface area contributed by atoms with Gasteiger partial charge < -0.3 is 10.2 Å². The predicted octanol–water partition coefficient (Wildman–Crippen LogP) is 1.35. The van der Waals surface area contributed by atoms with E-state index in [2.05, 4.69) is 29.6 Å². The van der Waals surface area contributed by atoms with E-state index in [-0.39, 0.29) is 0 Å². The summed E-state index contributed by atoms with van der Waals surface area (Å²) in [6, 6.07) is 8.42. The summed E-state index contributed by atoms with van der Waals surface area (Å²) in [5.41, 5.74) is 3.88. The van der Waals surface area contributed by atoms with Crippen molar-refractivity contribution in [1.29, 1.82) is 0 Å². The fraction of sp³-hybridized carbons (Fsp3) is 0.333. The minimum Gasteiger partial charge on any atom is -0.417 e. The van der Waals surface area contributed by atoms with Gasteiger partial charge in [-0.15, -0.1) is 0 Å². The number of benzene rings is 1. The summed E-state index contributed by atoms with van der Waals surface area (Å²) in [6.07, 6.45) is 1.09. The molecule has 1 N–H and O–H groups in total. The summed E-state index contributed by atoms with van der Waals surface area (Å²) in [4.78, 5) is 5.44. The molecule has 0 bridgehead atoms. The number of nitrogens with zero attached hydrogens (tertiary/aromatic N) is 1. The van der Waals surface area contributed by atoms with Crippen molar-refractivity contribution < 1.29 is 4.84 Å². The SMILES string of the molecule is COn1c2c(c3ccccc31)CCNC2. The van der Waals surface area contributed by atoms with Crippen LogP contribution in [0.1, 0.15) is 11.3 Å². The molecule has 1 aromatic heterocycles. The average Bonchev–Trinajstić information content (AvgIpc) is 2.63. The van der Waals surface area contributed by atoms with Crippen molar-refractivity contribution in [1.82, 2.24) is 10.0 Å². The molecule has 0 atom stereocenters. The highest BCUT2D eigenvalue weighted by molar-refractivity contribution is 5.85. The first-order valence-electron chi connectivity index (χ1n) is 5.28. The van der Waals surface area contributed by atoms with Crippen molar-refractivity contribution in [2.75, 3.05) is 13.7 Å². The van der Waals surface area contributed by atoms with Crippen LogP contribution in [0.4, 0.5) is 0 Å². The highest BCUT2D eigenvalue weighted by Gasteiger charge is 2.19. The van der Waals surface area contributed by atoms with Gasteiger partial charge in [0.1, 0.15) is 7.11 Å². The van der Waals surface area contributed by atoms with Crippen LogP contribution in [0.5, 0.6) is 0 Å². The zero-order valence-electron chi connectivity index (χ0n) is 8.79. The fourth-order valence-electron chi connectivity index (χ4n) is 2.42.